The number of benzene rings is 2. The van der Waals surface area contributed by atoms with Gasteiger partial charge in [0.2, 0.25) is 5.91 Å². The second-order valence-electron chi connectivity index (χ2n) is 6.82. The molecule has 7 heteroatoms. The minimum absolute atomic E-state index is 0.161. The number of likely N-dealkylation sites (tertiary alicyclic amines) is 1. The van der Waals surface area contributed by atoms with Crippen LogP contribution in [0, 0.1) is 0 Å². The van der Waals surface area contributed by atoms with Crippen molar-refractivity contribution in [2.75, 3.05) is 20.3 Å². The fourth-order valence-corrected chi connectivity index (χ4v) is 3.05. The maximum Gasteiger partial charge on any atom is 0.338 e. The van der Waals surface area contributed by atoms with Crippen molar-refractivity contribution in [2.45, 2.75) is 25.9 Å². The van der Waals surface area contributed by atoms with Crippen molar-refractivity contribution in [3.63, 3.8) is 0 Å². The number of esters is 1. The van der Waals surface area contributed by atoms with Gasteiger partial charge in [0.1, 0.15) is 5.75 Å². The van der Waals surface area contributed by atoms with E-state index in [0.717, 1.165) is 29.8 Å². The van der Waals surface area contributed by atoms with Crippen LogP contribution in [0.2, 0.25) is 0 Å². The molecule has 0 aromatic heterocycles. The van der Waals surface area contributed by atoms with Gasteiger partial charge < -0.3 is 19.7 Å². The average molecular weight is 396 g/mol. The fraction of sp³-hybridized carbons (Fsp3) is 0.318. The summed E-state index contributed by atoms with van der Waals surface area (Å²) in [5.74, 6) is -0.0343. The predicted octanol–water partition coefficient (Wildman–Crippen LogP) is 2.29. The molecule has 152 valence electrons. The monoisotopic (exact) mass is 396 g/mol. The molecule has 0 unspecified atom stereocenters. The Kier molecular flexibility index (Phi) is 6.84. The zero-order valence-electron chi connectivity index (χ0n) is 16.3. The van der Waals surface area contributed by atoms with E-state index in [9.17, 15) is 14.4 Å². The van der Waals surface area contributed by atoms with Gasteiger partial charge in [0.25, 0.3) is 5.91 Å². The van der Waals surface area contributed by atoms with Crippen LogP contribution in [-0.4, -0.2) is 42.9 Å². The summed E-state index contributed by atoms with van der Waals surface area (Å²) in [6.07, 6.45) is 1.49. The third kappa shape index (κ3) is 5.81. The smallest absolute Gasteiger partial charge is 0.338 e. The number of ether oxygens (including phenoxy) is 2. The maximum absolute atomic E-state index is 12.1. The van der Waals surface area contributed by atoms with Crippen molar-refractivity contribution in [1.82, 2.24) is 10.2 Å². The van der Waals surface area contributed by atoms with Gasteiger partial charge in [0.05, 0.1) is 12.7 Å². The van der Waals surface area contributed by atoms with Crippen LogP contribution in [0.15, 0.2) is 48.5 Å². The molecule has 7 nitrogen and oxygen atoms in total. The van der Waals surface area contributed by atoms with Gasteiger partial charge in [-0.1, -0.05) is 24.3 Å². The number of rotatable bonds is 8. The molecule has 29 heavy (non-hydrogen) atoms. The van der Waals surface area contributed by atoms with Crippen LogP contribution >= 0.6 is 0 Å². The lowest BCUT2D eigenvalue weighted by molar-refractivity contribution is -0.128. The van der Waals surface area contributed by atoms with Crippen molar-refractivity contribution >= 4 is 17.8 Å². The summed E-state index contributed by atoms with van der Waals surface area (Å²) < 4.78 is 10.2. The number of carbonyl (C=O) groups is 3. The Balaban J connectivity index is 1.42. The summed E-state index contributed by atoms with van der Waals surface area (Å²) in [7, 11) is 1.59. The predicted molar refractivity (Wildman–Crippen MR) is 106 cm³/mol. The van der Waals surface area contributed by atoms with E-state index in [1.807, 2.05) is 24.3 Å². The zero-order valence-corrected chi connectivity index (χ0v) is 16.3. The van der Waals surface area contributed by atoms with Gasteiger partial charge in [-0.05, 0) is 41.8 Å². The summed E-state index contributed by atoms with van der Waals surface area (Å²) in [6, 6.07) is 14.2. The van der Waals surface area contributed by atoms with E-state index in [-0.39, 0.29) is 18.4 Å². The Morgan fingerprint density at radius 3 is 2.34 bits per heavy atom. The molecule has 2 aromatic carbocycles. The molecule has 0 atom stereocenters. The molecule has 0 spiro atoms. The number of nitrogens with one attached hydrogen (secondary N) is 1. The van der Waals surface area contributed by atoms with Crippen LogP contribution in [0.4, 0.5) is 0 Å². The van der Waals surface area contributed by atoms with Crippen molar-refractivity contribution in [3.05, 3.63) is 65.2 Å². The highest BCUT2D eigenvalue weighted by molar-refractivity contribution is 5.91. The second kappa shape index (κ2) is 9.73. The third-order valence-corrected chi connectivity index (χ3v) is 4.72. The zero-order chi connectivity index (χ0) is 20.6. The van der Waals surface area contributed by atoms with Crippen LogP contribution < -0.4 is 10.1 Å². The van der Waals surface area contributed by atoms with Gasteiger partial charge in [-0.2, -0.15) is 0 Å². The van der Waals surface area contributed by atoms with Crippen molar-refractivity contribution < 1.29 is 23.9 Å². The standard InChI is InChI=1S/C22H24N2O5/c1-28-19-10-6-16(7-11-19)13-23-20(25)15-29-22(27)18-8-4-17(5-9-18)14-24-12-2-3-21(24)26/h4-11H,2-3,12-15H2,1H3,(H,23,25). The molecule has 1 heterocycles. The van der Waals surface area contributed by atoms with E-state index >= 15 is 0 Å². The van der Waals surface area contributed by atoms with Gasteiger partial charge in [-0.25, -0.2) is 4.79 Å². The highest BCUT2D eigenvalue weighted by Gasteiger charge is 2.20. The molecule has 1 fully saturated rings. The van der Waals surface area contributed by atoms with Crippen molar-refractivity contribution in [2.24, 2.45) is 0 Å². The maximum atomic E-state index is 12.1. The van der Waals surface area contributed by atoms with Crippen LogP contribution in [0.3, 0.4) is 0 Å². The SMILES string of the molecule is COc1ccc(CNC(=O)COC(=O)c2ccc(CN3CCCC3=O)cc2)cc1. The van der Waals surface area contributed by atoms with E-state index < -0.39 is 5.97 Å². The molecule has 0 aliphatic carbocycles. The molecular weight excluding hydrogens is 372 g/mol. The van der Waals surface area contributed by atoms with E-state index in [1.165, 1.54) is 0 Å². The number of methoxy groups -OCH3 is 1. The van der Waals surface area contributed by atoms with Gasteiger partial charge >= 0.3 is 5.97 Å². The third-order valence-electron chi connectivity index (χ3n) is 4.72. The lowest BCUT2D eigenvalue weighted by Gasteiger charge is -2.15. The first-order chi connectivity index (χ1) is 14.0. The summed E-state index contributed by atoms with van der Waals surface area (Å²) in [5, 5.41) is 2.70. The Hall–Kier alpha value is -3.35. The minimum Gasteiger partial charge on any atom is -0.497 e. The summed E-state index contributed by atoms with van der Waals surface area (Å²) in [5.41, 5.74) is 2.23. The largest absolute Gasteiger partial charge is 0.497 e. The Morgan fingerprint density at radius 1 is 1.03 bits per heavy atom. The van der Waals surface area contributed by atoms with E-state index in [4.69, 9.17) is 9.47 Å². The first-order valence-electron chi connectivity index (χ1n) is 9.48. The Labute approximate surface area is 169 Å². The van der Waals surface area contributed by atoms with Crippen LogP contribution in [0.5, 0.6) is 5.75 Å². The molecular formula is C22H24N2O5. The normalized spacial score (nSPS) is 13.3. The van der Waals surface area contributed by atoms with Crippen LogP contribution in [-0.2, 0) is 27.4 Å². The Morgan fingerprint density at radius 2 is 1.72 bits per heavy atom. The first-order valence-corrected chi connectivity index (χ1v) is 9.48. The highest BCUT2D eigenvalue weighted by Crippen LogP contribution is 2.15. The van der Waals surface area contributed by atoms with E-state index in [0.29, 0.717) is 25.1 Å². The molecule has 3 rings (SSSR count). The quantitative estimate of drug-likeness (QED) is 0.692. The van der Waals surface area contributed by atoms with E-state index in [1.54, 1.807) is 36.3 Å². The summed E-state index contributed by atoms with van der Waals surface area (Å²) >= 11 is 0. The summed E-state index contributed by atoms with van der Waals surface area (Å²) in [6.45, 7) is 1.31. The Bertz CT molecular complexity index is 862. The molecule has 1 N–H and O–H groups in total. The molecule has 2 amide bonds. The molecule has 1 saturated heterocycles. The lowest BCUT2D eigenvalue weighted by atomic mass is 10.1. The number of hydrogen-bond acceptors (Lipinski definition) is 5. The van der Waals surface area contributed by atoms with Crippen LogP contribution in [0.1, 0.15) is 34.3 Å². The number of carbonyl (C=O) groups excluding carboxylic acids is 3. The van der Waals surface area contributed by atoms with Crippen molar-refractivity contribution in [3.8, 4) is 5.75 Å². The summed E-state index contributed by atoms with van der Waals surface area (Å²) in [4.78, 5) is 37.5. The van der Waals surface area contributed by atoms with Gasteiger partial charge in [0.15, 0.2) is 6.61 Å². The van der Waals surface area contributed by atoms with Crippen molar-refractivity contribution in [1.29, 1.82) is 0 Å². The molecule has 0 radical (unpaired) electrons. The second-order valence-corrected chi connectivity index (χ2v) is 6.82. The molecule has 1 aliphatic rings. The minimum atomic E-state index is -0.562. The van der Waals surface area contributed by atoms with E-state index in [2.05, 4.69) is 5.32 Å². The number of nitrogens with zero attached hydrogens (tertiary/aromatic N) is 1. The van der Waals surface area contributed by atoms with Gasteiger partial charge in [-0.3, -0.25) is 9.59 Å². The van der Waals surface area contributed by atoms with Gasteiger partial charge in [0, 0.05) is 26.1 Å². The van der Waals surface area contributed by atoms with Crippen LogP contribution in [0.25, 0.3) is 0 Å². The molecule has 0 saturated carbocycles. The number of hydrogen-bond donors (Lipinski definition) is 1. The fourth-order valence-electron chi connectivity index (χ4n) is 3.05. The van der Waals surface area contributed by atoms with Gasteiger partial charge in [-0.15, -0.1) is 0 Å². The molecule has 1 aliphatic heterocycles. The molecule has 2 aromatic rings. The topological polar surface area (TPSA) is 84.9 Å². The first kappa shape index (κ1) is 20.4. The highest BCUT2D eigenvalue weighted by atomic mass is 16.5. The average Bonchev–Trinajstić information content (AvgIpc) is 3.15. The molecule has 0 bridgehead atoms. The number of amides is 2. The lowest BCUT2D eigenvalue weighted by Crippen LogP contribution is -2.28.